The van der Waals surface area contributed by atoms with E-state index < -0.39 is 5.60 Å². The Kier molecular flexibility index (Phi) is 3.86. The molecular formula is C13H19FO. The molecule has 0 heterocycles. The normalized spacial score (nSPS) is 17.4. The van der Waals surface area contributed by atoms with Crippen LogP contribution in [-0.4, -0.2) is 5.11 Å². The first-order valence-electron chi connectivity index (χ1n) is 5.61. The van der Waals surface area contributed by atoms with Gasteiger partial charge in [-0.05, 0) is 49.4 Å². The van der Waals surface area contributed by atoms with Crippen LogP contribution in [0.2, 0.25) is 0 Å². The Morgan fingerprint density at radius 1 is 1.27 bits per heavy atom. The van der Waals surface area contributed by atoms with Crippen molar-refractivity contribution in [2.45, 2.75) is 45.6 Å². The minimum Gasteiger partial charge on any atom is -0.385 e. The monoisotopic (exact) mass is 210 g/mol. The number of halogens is 1. The molecule has 84 valence electrons. The molecule has 1 aromatic carbocycles. The number of rotatable bonds is 1. The number of hydrogen-bond donors (Lipinski definition) is 1. The van der Waals surface area contributed by atoms with Crippen LogP contribution in [0.1, 0.15) is 44.2 Å². The minimum atomic E-state index is -0.669. The predicted molar refractivity (Wildman–Crippen MR) is 60.2 cm³/mol. The van der Waals surface area contributed by atoms with Gasteiger partial charge in [-0.25, -0.2) is 4.39 Å². The van der Waals surface area contributed by atoms with Gasteiger partial charge in [0.1, 0.15) is 5.82 Å². The third-order valence-electron chi connectivity index (χ3n) is 2.87. The highest BCUT2D eigenvalue weighted by Crippen LogP contribution is 2.42. The lowest BCUT2D eigenvalue weighted by Gasteiger charge is -2.38. The van der Waals surface area contributed by atoms with E-state index in [1.54, 1.807) is 6.07 Å². The topological polar surface area (TPSA) is 20.2 Å². The smallest absolute Gasteiger partial charge is 0.123 e. The van der Waals surface area contributed by atoms with Gasteiger partial charge in [-0.2, -0.15) is 0 Å². The van der Waals surface area contributed by atoms with Crippen molar-refractivity contribution < 1.29 is 9.50 Å². The van der Waals surface area contributed by atoms with Gasteiger partial charge in [-0.3, -0.25) is 0 Å². The van der Waals surface area contributed by atoms with E-state index in [0.717, 1.165) is 30.4 Å². The molecule has 1 aliphatic carbocycles. The van der Waals surface area contributed by atoms with Crippen LogP contribution in [0.15, 0.2) is 18.2 Å². The van der Waals surface area contributed by atoms with Crippen molar-refractivity contribution in [1.82, 2.24) is 0 Å². The van der Waals surface area contributed by atoms with E-state index in [0.29, 0.717) is 0 Å². The van der Waals surface area contributed by atoms with Gasteiger partial charge in [0.15, 0.2) is 0 Å². The van der Waals surface area contributed by atoms with Gasteiger partial charge in [-0.1, -0.05) is 19.9 Å². The molecule has 1 fully saturated rings. The SMILES string of the molecule is CC.Cc1cc(F)ccc1C1(O)CCC1. The van der Waals surface area contributed by atoms with E-state index >= 15 is 0 Å². The van der Waals surface area contributed by atoms with Crippen molar-refractivity contribution in [3.05, 3.63) is 35.1 Å². The van der Waals surface area contributed by atoms with Gasteiger partial charge in [0, 0.05) is 0 Å². The van der Waals surface area contributed by atoms with E-state index in [1.807, 2.05) is 20.8 Å². The molecule has 0 aromatic heterocycles. The molecule has 0 atom stereocenters. The number of aryl methyl sites for hydroxylation is 1. The number of benzene rings is 1. The minimum absolute atomic E-state index is 0.232. The lowest BCUT2D eigenvalue weighted by Crippen LogP contribution is -2.34. The zero-order valence-electron chi connectivity index (χ0n) is 9.68. The Balaban J connectivity index is 0.000000531. The Morgan fingerprint density at radius 3 is 2.27 bits per heavy atom. The quantitative estimate of drug-likeness (QED) is 0.751. The molecule has 2 rings (SSSR count). The highest BCUT2D eigenvalue weighted by molar-refractivity contribution is 5.33. The van der Waals surface area contributed by atoms with E-state index in [2.05, 4.69) is 0 Å². The Hall–Kier alpha value is -0.890. The van der Waals surface area contributed by atoms with E-state index in [-0.39, 0.29) is 5.82 Å². The third-order valence-corrected chi connectivity index (χ3v) is 2.87. The third kappa shape index (κ3) is 2.37. The summed E-state index contributed by atoms with van der Waals surface area (Å²) in [6, 6.07) is 4.59. The second kappa shape index (κ2) is 4.75. The van der Waals surface area contributed by atoms with Crippen molar-refractivity contribution >= 4 is 0 Å². The van der Waals surface area contributed by atoms with Gasteiger partial charge in [0.2, 0.25) is 0 Å². The van der Waals surface area contributed by atoms with Gasteiger partial charge in [-0.15, -0.1) is 0 Å². The molecule has 15 heavy (non-hydrogen) atoms. The first kappa shape index (κ1) is 12.2. The Bertz CT molecular complexity index is 329. The Morgan fingerprint density at radius 2 is 1.87 bits per heavy atom. The second-order valence-corrected chi connectivity index (χ2v) is 3.84. The van der Waals surface area contributed by atoms with Crippen LogP contribution < -0.4 is 0 Å². The summed E-state index contributed by atoms with van der Waals surface area (Å²) in [6.45, 7) is 5.84. The summed E-state index contributed by atoms with van der Waals surface area (Å²) in [7, 11) is 0. The van der Waals surface area contributed by atoms with Gasteiger partial charge in [0.25, 0.3) is 0 Å². The molecule has 2 heteroatoms. The maximum absolute atomic E-state index is 12.8. The number of aliphatic hydroxyl groups is 1. The lowest BCUT2D eigenvalue weighted by atomic mass is 9.74. The molecule has 1 aliphatic rings. The van der Waals surface area contributed by atoms with Crippen LogP contribution in [0, 0.1) is 12.7 Å². The van der Waals surface area contributed by atoms with Crippen LogP contribution >= 0.6 is 0 Å². The first-order chi connectivity index (χ1) is 7.12. The molecule has 0 bridgehead atoms. The fraction of sp³-hybridized carbons (Fsp3) is 0.538. The first-order valence-corrected chi connectivity index (χ1v) is 5.61. The highest BCUT2D eigenvalue weighted by atomic mass is 19.1. The van der Waals surface area contributed by atoms with Gasteiger partial charge < -0.3 is 5.11 Å². The van der Waals surface area contributed by atoms with Gasteiger partial charge in [0.05, 0.1) is 5.60 Å². The summed E-state index contributed by atoms with van der Waals surface area (Å²) >= 11 is 0. The molecule has 0 amide bonds. The van der Waals surface area contributed by atoms with E-state index in [1.165, 1.54) is 12.1 Å². The van der Waals surface area contributed by atoms with Crippen molar-refractivity contribution in [3.63, 3.8) is 0 Å². The van der Waals surface area contributed by atoms with Crippen LogP contribution in [0.3, 0.4) is 0 Å². The van der Waals surface area contributed by atoms with Crippen molar-refractivity contribution in [3.8, 4) is 0 Å². The van der Waals surface area contributed by atoms with Crippen LogP contribution in [0.25, 0.3) is 0 Å². The average molecular weight is 210 g/mol. The standard InChI is InChI=1S/C11H13FO.C2H6/c1-8-7-9(12)3-4-10(8)11(13)5-2-6-11;1-2/h3-4,7,13H,2,5-6H2,1H3;1-2H3. The molecule has 0 saturated heterocycles. The van der Waals surface area contributed by atoms with Crippen LogP contribution in [-0.2, 0) is 5.60 Å². The molecule has 1 N–H and O–H groups in total. The largest absolute Gasteiger partial charge is 0.385 e. The van der Waals surface area contributed by atoms with E-state index in [9.17, 15) is 9.50 Å². The Labute approximate surface area is 90.9 Å². The van der Waals surface area contributed by atoms with Crippen molar-refractivity contribution in [1.29, 1.82) is 0 Å². The molecule has 1 saturated carbocycles. The molecule has 1 nitrogen and oxygen atoms in total. The van der Waals surface area contributed by atoms with Gasteiger partial charge >= 0.3 is 0 Å². The molecule has 0 aliphatic heterocycles. The maximum Gasteiger partial charge on any atom is 0.123 e. The summed E-state index contributed by atoms with van der Waals surface area (Å²) in [5, 5.41) is 10.0. The van der Waals surface area contributed by atoms with Crippen LogP contribution in [0.4, 0.5) is 4.39 Å². The molecule has 0 spiro atoms. The maximum atomic E-state index is 12.8. The summed E-state index contributed by atoms with van der Waals surface area (Å²) < 4.78 is 12.8. The van der Waals surface area contributed by atoms with Crippen molar-refractivity contribution in [2.24, 2.45) is 0 Å². The van der Waals surface area contributed by atoms with E-state index in [4.69, 9.17) is 0 Å². The summed E-state index contributed by atoms with van der Waals surface area (Å²) in [6.07, 6.45) is 2.67. The summed E-state index contributed by atoms with van der Waals surface area (Å²) in [5.41, 5.74) is 1.07. The molecule has 1 aromatic rings. The lowest BCUT2D eigenvalue weighted by molar-refractivity contribution is -0.0393. The molecule has 0 unspecified atom stereocenters. The second-order valence-electron chi connectivity index (χ2n) is 3.84. The highest BCUT2D eigenvalue weighted by Gasteiger charge is 2.37. The zero-order valence-corrected chi connectivity index (χ0v) is 9.68. The zero-order chi connectivity index (χ0) is 11.5. The predicted octanol–water partition coefficient (Wildman–Crippen LogP) is 3.53. The fourth-order valence-electron chi connectivity index (χ4n) is 1.93. The molecular weight excluding hydrogens is 191 g/mol. The summed E-state index contributed by atoms with van der Waals surface area (Å²) in [4.78, 5) is 0. The molecule has 0 radical (unpaired) electrons. The van der Waals surface area contributed by atoms with Crippen LogP contribution in [0.5, 0.6) is 0 Å². The fourth-order valence-corrected chi connectivity index (χ4v) is 1.93. The summed E-state index contributed by atoms with van der Waals surface area (Å²) in [5.74, 6) is -0.232. The number of hydrogen-bond acceptors (Lipinski definition) is 1. The average Bonchev–Trinajstić information content (AvgIpc) is 2.18. The van der Waals surface area contributed by atoms with Crippen molar-refractivity contribution in [2.75, 3.05) is 0 Å².